The lowest BCUT2D eigenvalue weighted by Crippen LogP contribution is -2.41. The Bertz CT molecular complexity index is 444. The average molecular weight is 251 g/mol. The van der Waals surface area contributed by atoms with Gasteiger partial charge in [-0.3, -0.25) is 9.59 Å². The van der Waals surface area contributed by atoms with E-state index in [1.807, 2.05) is 6.92 Å². The molecule has 0 spiro atoms. The lowest BCUT2D eigenvalue weighted by molar-refractivity contribution is -0.138. The van der Waals surface area contributed by atoms with Crippen molar-refractivity contribution in [3.63, 3.8) is 0 Å². The zero-order valence-electron chi connectivity index (χ0n) is 10.5. The summed E-state index contributed by atoms with van der Waals surface area (Å²) in [4.78, 5) is 24.2. The highest BCUT2D eigenvalue weighted by atomic mass is 16.4. The van der Waals surface area contributed by atoms with Crippen molar-refractivity contribution >= 4 is 11.9 Å². The summed E-state index contributed by atoms with van der Waals surface area (Å²) in [5, 5.41) is 18.5. The molecule has 0 heterocycles. The minimum absolute atomic E-state index is 0.124. The predicted molar refractivity (Wildman–Crippen MR) is 66.5 cm³/mol. The van der Waals surface area contributed by atoms with Gasteiger partial charge < -0.3 is 15.1 Å². The Morgan fingerprint density at radius 1 is 1.33 bits per heavy atom. The molecule has 1 aromatic rings. The molecule has 1 amide bonds. The van der Waals surface area contributed by atoms with Gasteiger partial charge in [0, 0.05) is 6.04 Å². The highest BCUT2D eigenvalue weighted by Gasteiger charge is 2.24. The van der Waals surface area contributed by atoms with E-state index in [9.17, 15) is 14.7 Å². The van der Waals surface area contributed by atoms with E-state index >= 15 is 0 Å². The van der Waals surface area contributed by atoms with Crippen molar-refractivity contribution in [1.82, 2.24) is 4.90 Å². The van der Waals surface area contributed by atoms with Gasteiger partial charge in [0.1, 0.15) is 12.3 Å². The van der Waals surface area contributed by atoms with Crippen molar-refractivity contribution in [2.45, 2.75) is 26.3 Å². The van der Waals surface area contributed by atoms with Crippen LogP contribution in [-0.2, 0) is 4.79 Å². The number of aliphatic carboxylic acids is 1. The van der Waals surface area contributed by atoms with Crippen LogP contribution in [0.25, 0.3) is 0 Å². The predicted octanol–water partition coefficient (Wildman–Crippen LogP) is 1.72. The first-order valence-corrected chi connectivity index (χ1v) is 5.78. The summed E-state index contributed by atoms with van der Waals surface area (Å²) in [6.45, 7) is 3.28. The number of nitrogens with zero attached hydrogens (tertiary/aromatic N) is 1. The van der Waals surface area contributed by atoms with Gasteiger partial charge in [0.05, 0.1) is 5.56 Å². The zero-order chi connectivity index (χ0) is 13.7. The Kier molecular flexibility index (Phi) is 4.71. The molecule has 0 saturated heterocycles. The highest BCUT2D eigenvalue weighted by Crippen LogP contribution is 2.19. The van der Waals surface area contributed by atoms with Crippen LogP contribution in [0.1, 0.15) is 30.6 Å². The molecule has 1 unspecified atom stereocenters. The van der Waals surface area contributed by atoms with Crippen molar-refractivity contribution in [1.29, 1.82) is 0 Å². The van der Waals surface area contributed by atoms with Crippen molar-refractivity contribution < 1.29 is 19.8 Å². The van der Waals surface area contributed by atoms with Crippen LogP contribution >= 0.6 is 0 Å². The number of carbonyl (C=O) groups excluding carboxylic acids is 1. The fourth-order valence-electron chi connectivity index (χ4n) is 1.60. The molecule has 1 aromatic carbocycles. The molecular weight excluding hydrogens is 234 g/mol. The normalized spacial score (nSPS) is 11.9. The standard InChI is InChI=1S/C13H17NO4/c1-3-9(2)14(8-12(16)17)13(18)10-6-4-5-7-11(10)15/h4-7,9,15H,3,8H2,1-2H3,(H,16,17). The first-order valence-electron chi connectivity index (χ1n) is 5.78. The van der Waals surface area contributed by atoms with Crippen LogP contribution in [0.2, 0.25) is 0 Å². The molecule has 2 N–H and O–H groups in total. The van der Waals surface area contributed by atoms with Gasteiger partial charge in [0.2, 0.25) is 0 Å². The van der Waals surface area contributed by atoms with Gasteiger partial charge in [-0.15, -0.1) is 0 Å². The van der Waals surface area contributed by atoms with E-state index in [1.54, 1.807) is 19.1 Å². The second-order valence-corrected chi connectivity index (χ2v) is 4.10. The van der Waals surface area contributed by atoms with E-state index in [0.29, 0.717) is 6.42 Å². The summed E-state index contributed by atoms with van der Waals surface area (Å²) in [6, 6.07) is 5.92. The number of hydrogen-bond donors (Lipinski definition) is 2. The minimum atomic E-state index is -1.07. The number of para-hydroxylation sites is 1. The highest BCUT2D eigenvalue weighted by molar-refractivity contribution is 5.98. The molecule has 0 radical (unpaired) electrons. The molecule has 0 fully saturated rings. The molecular formula is C13H17NO4. The molecule has 0 aliphatic rings. The third-order valence-electron chi connectivity index (χ3n) is 2.82. The van der Waals surface area contributed by atoms with Gasteiger partial charge >= 0.3 is 5.97 Å². The third kappa shape index (κ3) is 3.23. The Morgan fingerprint density at radius 3 is 2.44 bits per heavy atom. The number of rotatable bonds is 5. The molecule has 1 atom stereocenters. The average Bonchev–Trinajstić information content (AvgIpc) is 2.34. The molecule has 5 nitrogen and oxygen atoms in total. The Labute approximate surface area is 106 Å². The maximum Gasteiger partial charge on any atom is 0.323 e. The summed E-state index contributed by atoms with van der Waals surface area (Å²) < 4.78 is 0. The van der Waals surface area contributed by atoms with Crippen LogP contribution in [0.3, 0.4) is 0 Å². The smallest absolute Gasteiger partial charge is 0.323 e. The van der Waals surface area contributed by atoms with E-state index in [-0.39, 0.29) is 23.9 Å². The summed E-state index contributed by atoms with van der Waals surface area (Å²) in [5.74, 6) is -1.68. The first kappa shape index (κ1) is 14.0. The van der Waals surface area contributed by atoms with Gasteiger partial charge in [-0.1, -0.05) is 19.1 Å². The molecule has 0 aromatic heterocycles. The Hall–Kier alpha value is -2.04. The number of benzene rings is 1. The number of carbonyl (C=O) groups is 2. The number of carboxylic acids is 1. The largest absolute Gasteiger partial charge is 0.507 e. The van der Waals surface area contributed by atoms with Crippen LogP contribution in [0, 0.1) is 0 Å². The number of phenols is 1. The first-order chi connectivity index (χ1) is 8.47. The summed E-state index contributed by atoms with van der Waals surface area (Å²) in [7, 11) is 0. The summed E-state index contributed by atoms with van der Waals surface area (Å²) >= 11 is 0. The molecule has 0 saturated carbocycles. The van der Waals surface area contributed by atoms with Gasteiger partial charge in [-0.25, -0.2) is 0 Å². The molecule has 1 rings (SSSR count). The van der Waals surface area contributed by atoms with Crippen molar-refractivity contribution in [2.75, 3.05) is 6.54 Å². The molecule has 18 heavy (non-hydrogen) atoms. The zero-order valence-corrected chi connectivity index (χ0v) is 10.5. The van der Waals surface area contributed by atoms with E-state index < -0.39 is 11.9 Å². The van der Waals surface area contributed by atoms with E-state index in [1.165, 1.54) is 17.0 Å². The van der Waals surface area contributed by atoms with E-state index in [0.717, 1.165) is 0 Å². The number of phenolic OH excluding ortho intramolecular Hbond substituents is 1. The van der Waals surface area contributed by atoms with Gasteiger partial charge in [-0.2, -0.15) is 0 Å². The van der Waals surface area contributed by atoms with Crippen LogP contribution in [0.15, 0.2) is 24.3 Å². The van der Waals surface area contributed by atoms with Crippen LogP contribution in [0.4, 0.5) is 0 Å². The van der Waals surface area contributed by atoms with E-state index in [2.05, 4.69) is 0 Å². The molecule has 0 aliphatic carbocycles. The van der Waals surface area contributed by atoms with Gasteiger partial charge in [0.25, 0.3) is 5.91 Å². The maximum absolute atomic E-state index is 12.2. The fourth-order valence-corrected chi connectivity index (χ4v) is 1.60. The number of carboxylic acid groups (broad SMARTS) is 1. The van der Waals surface area contributed by atoms with Crippen molar-refractivity contribution in [2.24, 2.45) is 0 Å². The second kappa shape index (κ2) is 6.05. The van der Waals surface area contributed by atoms with Gasteiger partial charge in [-0.05, 0) is 25.5 Å². The second-order valence-electron chi connectivity index (χ2n) is 4.10. The van der Waals surface area contributed by atoms with Gasteiger partial charge in [0.15, 0.2) is 0 Å². The summed E-state index contributed by atoms with van der Waals surface area (Å²) in [6.07, 6.45) is 0.645. The number of hydrogen-bond acceptors (Lipinski definition) is 3. The van der Waals surface area contributed by atoms with Crippen molar-refractivity contribution in [3.05, 3.63) is 29.8 Å². The maximum atomic E-state index is 12.2. The molecule has 98 valence electrons. The molecule has 0 bridgehead atoms. The molecule has 0 aliphatic heterocycles. The van der Waals surface area contributed by atoms with Crippen LogP contribution in [0.5, 0.6) is 5.75 Å². The van der Waals surface area contributed by atoms with Crippen LogP contribution < -0.4 is 0 Å². The Balaban J connectivity index is 3.02. The number of amides is 1. The monoisotopic (exact) mass is 251 g/mol. The van der Waals surface area contributed by atoms with Crippen molar-refractivity contribution in [3.8, 4) is 5.75 Å². The fraction of sp³-hybridized carbons (Fsp3) is 0.385. The van der Waals surface area contributed by atoms with E-state index in [4.69, 9.17) is 5.11 Å². The quantitative estimate of drug-likeness (QED) is 0.835. The lowest BCUT2D eigenvalue weighted by Gasteiger charge is -2.27. The Morgan fingerprint density at radius 2 is 1.94 bits per heavy atom. The third-order valence-corrected chi connectivity index (χ3v) is 2.82. The topological polar surface area (TPSA) is 77.8 Å². The minimum Gasteiger partial charge on any atom is -0.507 e. The summed E-state index contributed by atoms with van der Waals surface area (Å²) in [5.41, 5.74) is 0.124. The SMILES string of the molecule is CCC(C)N(CC(=O)O)C(=O)c1ccccc1O. The number of aromatic hydroxyl groups is 1. The lowest BCUT2D eigenvalue weighted by atomic mass is 10.1. The molecule has 5 heteroatoms. The van der Waals surface area contributed by atoms with Crippen LogP contribution in [-0.4, -0.2) is 39.6 Å².